The summed E-state index contributed by atoms with van der Waals surface area (Å²) < 4.78 is 28.1. The third-order valence-electron chi connectivity index (χ3n) is 3.94. The van der Waals surface area contributed by atoms with Crippen LogP contribution < -0.4 is 10.5 Å². The second kappa shape index (κ2) is 7.75. The number of esters is 1. The topological polar surface area (TPSA) is 128 Å². The minimum absolute atomic E-state index is 0.142. The molecule has 144 valence electrons. The fourth-order valence-electron chi connectivity index (χ4n) is 2.54. The molecule has 3 N–H and O–H groups in total. The summed E-state index contributed by atoms with van der Waals surface area (Å²) in [6.07, 6.45) is 0.442. The predicted octanol–water partition coefficient (Wildman–Crippen LogP) is 2.07. The molecule has 0 spiro atoms. The lowest BCUT2D eigenvalue weighted by Gasteiger charge is -2.14. The number of fused-ring (bicyclic) bond motifs is 1. The first-order valence-electron chi connectivity index (χ1n) is 8.24. The average Bonchev–Trinajstić information content (AvgIpc) is 2.67. The molecule has 3 rings (SSSR count). The second-order valence-corrected chi connectivity index (χ2v) is 7.55. The fraction of sp³-hybridized carbons (Fsp3) is 0.105. The Bertz CT molecular complexity index is 1160. The summed E-state index contributed by atoms with van der Waals surface area (Å²) in [5.74, 6) is -1.31. The molecule has 0 fully saturated rings. The molecule has 1 aromatic heterocycles. The van der Waals surface area contributed by atoms with Gasteiger partial charge in [-0.2, -0.15) is 0 Å². The van der Waals surface area contributed by atoms with E-state index in [2.05, 4.69) is 10.3 Å². The van der Waals surface area contributed by atoms with Gasteiger partial charge in [0, 0.05) is 17.3 Å². The highest BCUT2D eigenvalue weighted by Crippen LogP contribution is 2.18. The van der Waals surface area contributed by atoms with E-state index < -0.39 is 28.0 Å². The molecule has 0 aliphatic rings. The maximum Gasteiger partial charge on any atom is 0.341 e. The summed E-state index contributed by atoms with van der Waals surface area (Å²) in [4.78, 5) is 28.8. The lowest BCUT2D eigenvalue weighted by Crippen LogP contribution is -2.30. The van der Waals surface area contributed by atoms with Crippen molar-refractivity contribution in [1.82, 2.24) is 4.98 Å². The quantitative estimate of drug-likeness (QED) is 0.632. The van der Waals surface area contributed by atoms with Gasteiger partial charge in [0.15, 0.2) is 6.10 Å². The Hall–Kier alpha value is -3.30. The van der Waals surface area contributed by atoms with Crippen LogP contribution in [0.5, 0.6) is 0 Å². The lowest BCUT2D eigenvalue weighted by atomic mass is 10.1. The van der Waals surface area contributed by atoms with Gasteiger partial charge in [0.1, 0.15) is 0 Å². The number of carbonyl (C=O) groups is 2. The zero-order chi connectivity index (χ0) is 20.3. The Balaban J connectivity index is 1.73. The minimum Gasteiger partial charge on any atom is -0.449 e. The number of anilines is 1. The highest BCUT2D eigenvalue weighted by atomic mass is 32.2. The SMILES string of the molecule is C[C@H](OC(=O)c1cccc2cccnc12)C(=O)Nc1cccc(S(N)(=O)=O)c1. The van der Waals surface area contributed by atoms with Gasteiger partial charge in [-0.3, -0.25) is 9.78 Å². The number of aromatic nitrogens is 1. The van der Waals surface area contributed by atoms with Gasteiger partial charge in [0.25, 0.3) is 5.91 Å². The Kier molecular flexibility index (Phi) is 5.39. The van der Waals surface area contributed by atoms with Gasteiger partial charge < -0.3 is 10.1 Å². The standard InChI is InChI=1S/C19H17N3O5S/c1-12(18(23)22-14-7-3-8-15(11-14)28(20,25)26)27-19(24)16-9-2-5-13-6-4-10-21-17(13)16/h2-12H,1H3,(H,22,23)(H2,20,25,26)/t12-/m0/s1. The van der Waals surface area contributed by atoms with E-state index in [1.807, 2.05) is 12.1 Å². The van der Waals surface area contributed by atoms with Crippen molar-refractivity contribution in [3.63, 3.8) is 0 Å². The van der Waals surface area contributed by atoms with Crippen LogP contribution in [0, 0.1) is 0 Å². The molecule has 0 aliphatic heterocycles. The number of rotatable bonds is 5. The van der Waals surface area contributed by atoms with Crippen molar-refractivity contribution in [2.24, 2.45) is 5.14 Å². The number of nitrogens with one attached hydrogen (secondary N) is 1. The van der Waals surface area contributed by atoms with Crippen LogP contribution in [0.4, 0.5) is 5.69 Å². The van der Waals surface area contributed by atoms with E-state index >= 15 is 0 Å². The first-order chi connectivity index (χ1) is 13.3. The van der Waals surface area contributed by atoms with Crippen LogP contribution in [-0.4, -0.2) is 31.4 Å². The van der Waals surface area contributed by atoms with Crippen LogP contribution in [0.2, 0.25) is 0 Å². The second-order valence-electron chi connectivity index (χ2n) is 5.99. The summed E-state index contributed by atoms with van der Waals surface area (Å²) in [5, 5.41) is 8.34. The molecule has 8 nitrogen and oxygen atoms in total. The Morgan fingerprint density at radius 2 is 1.82 bits per heavy atom. The molecular formula is C19H17N3O5S. The molecule has 0 saturated carbocycles. The number of pyridine rings is 1. The van der Waals surface area contributed by atoms with Crippen molar-refractivity contribution in [2.45, 2.75) is 17.9 Å². The monoisotopic (exact) mass is 399 g/mol. The van der Waals surface area contributed by atoms with Crippen LogP contribution in [-0.2, 0) is 19.6 Å². The van der Waals surface area contributed by atoms with Gasteiger partial charge in [0.05, 0.1) is 16.0 Å². The molecule has 2 aromatic carbocycles. The van der Waals surface area contributed by atoms with Gasteiger partial charge in [-0.25, -0.2) is 18.4 Å². The number of benzene rings is 2. The molecule has 3 aromatic rings. The molecule has 0 bridgehead atoms. The number of amides is 1. The average molecular weight is 399 g/mol. The summed E-state index contributed by atoms with van der Waals surface area (Å²) in [6, 6.07) is 14.1. The summed E-state index contributed by atoms with van der Waals surface area (Å²) in [6.45, 7) is 1.41. The summed E-state index contributed by atoms with van der Waals surface area (Å²) in [5.41, 5.74) is 0.934. The first kappa shape index (κ1) is 19.5. The summed E-state index contributed by atoms with van der Waals surface area (Å²) in [7, 11) is -3.90. The molecule has 9 heteroatoms. The zero-order valence-corrected chi connectivity index (χ0v) is 15.6. The molecule has 1 atom stereocenters. The number of carbonyl (C=O) groups excluding carboxylic acids is 2. The lowest BCUT2D eigenvalue weighted by molar-refractivity contribution is -0.123. The maximum atomic E-state index is 12.5. The predicted molar refractivity (Wildman–Crippen MR) is 103 cm³/mol. The Morgan fingerprint density at radius 1 is 1.11 bits per heavy atom. The van der Waals surface area contributed by atoms with Crippen molar-refractivity contribution in [2.75, 3.05) is 5.32 Å². The highest BCUT2D eigenvalue weighted by molar-refractivity contribution is 7.89. The van der Waals surface area contributed by atoms with Crippen LogP contribution in [0.3, 0.4) is 0 Å². The van der Waals surface area contributed by atoms with Crippen molar-refractivity contribution < 1.29 is 22.7 Å². The molecular weight excluding hydrogens is 382 g/mol. The summed E-state index contributed by atoms with van der Waals surface area (Å²) >= 11 is 0. The molecule has 0 saturated heterocycles. The van der Waals surface area contributed by atoms with Crippen molar-refractivity contribution in [1.29, 1.82) is 0 Å². The van der Waals surface area contributed by atoms with E-state index in [-0.39, 0.29) is 16.1 Å². The van der Waals surface area contributed by atoms with Crippen LogP contribution in [0.1, 0.15) is 17.3 Å². The van der Waals surface area contributed by atoms with E-state index in [0.717, 1.165) is 5.39 Å². The molecule has 0 radical (unpaired) electrons. The van der Waals surface area contributed by atoms with Crippen molar-refractivity contribution in [3.8, 4) is 0 Å². The number of nitrogens with two attached hydrogens (primary N) is 1. The fourth-order valence-corrected chi connectivity index (χ4v) is 3.10. The van der Waals surface area contributed by atoms with Crippen LogP contribution >= 0.6 is 0 Å². The number of para-hydroxylation sites is 1. The van der Waals surface area contributed by atoms with E-state index in [1.165, 1.54) is 31.2 Å². The molecule has 1 amide bonds. The number of hydrogen-bond donors (Lipinski definition) is 2. The van der Waals surface area contributed by atoms with E-state index in [9.17, 15) is 18.0 Å². The maximum absolute atomic E-state index is 12.5. The van der Waals surface area contributed by atoms with Crippen LogP contribution in [0.25, 0.3) is 10.9 Å². The molecule has 0 aliphatic carbocycles. The number of nitrogens with zero attached hydrogens (tertiary/aromatic N) is 1. The van der Waals surface area contributed by atoms with E-state index in [4.69, 9.17) is 9.88 Å². The number of sulfonamides is 1. The third-order valence-corrected chi connectivity index (χ3v) is 4.85. The number of primary sulfonamides is 1. The van der Waals surface area contributed by atoms with E-state index in [1.54, 1.807) is 24.4 Å². The molecule has 0 unspecified atom stereocenters. The third kappa shape index (κ3) is 4.33. The Morgan fingerprint density at radius 3 is 2.57 bits per heavy atom. The van der Waals surface area contributed by atoms with Crippen LogP contribution in [0.15, 0.2) is 65.7 Å². The van der Waals surface area contributed by atoms with Gasteiger partial charge in [-0.15, -0.1) is 0 Å². The zero-order valence-electron chi connectivity index (χ0n) is 14.8. The van der Waals surface area contributed by atoms with Gasteiger partial charge in [-0.1, -0.05) is 24.3 Å². The van der Waals surface area contributed by atoms with Gasteiger partial charge in [-0.05, 0) is 37.3 Å². The van der Waals surface area contributed by atoms with E-state index in [0.29, 0.717) is 5.52 Å². The van der Waals surface area contributed by atoms with Gasteiger partial charge >= 0.3 is 5.97 Å². The number of hydrogen-bond acceptors (Lipinski definition) is 6. The van der Waals surface area contributed by atoms with Gasteiger partial charge in [0.2, 0.25) is 10.0 Å². The number of ether oxygens (including phenoxy) is 1. The normalized spacial score (nSPS) is 12.4. The molecule has 28 heavy (non-hydrogen) atoms. The minimum atomic E-state index is -3.90. The van der Waals surface area contributed by atoms with Crippen molar-refractivity contribution >= 4 is 38.5 Å². The smallest absolute Gasteiger partial charge is 0.341 e. The first-order valence-corrected chi connectivity index (χ1v) is 9.79. The van der Waals surface area contributed by atoms with Crippen molar-refractivity contribution in [3.05, 3.63) is 66.4 Å². The largest absolute Gasteiger partial charge is 0.449 e. The molecule has 1 heterocycles. The highest BCUT2D eigenvalue weighted by Gasteiger charge is 2.21. The Labute approximate surface area is 161 Å².